The molecule has 34 heavy (non-hydrogen) atoms. The number of hydrogen-bond donors (Lipinski definition) is 4. The third-order valence-corrected chi connectivity index (χ3v) is 4.28. The molecule has 0 spiro atoms. The summed E-state index contributed by atoms with van der Waals surface area (Å²) >= 11 is 0. The van der Waals surface area contributed by atoms with Gasteiger partial charge in [0.2, 0.25) is 0 Å². The number of esters is 1. The van der Waals surface area contributed by atoms with Crippen molar-refractivity contribution in [3.05, 3.63) is 71.8 Å². The molecule has 2 rings (SSSR count). The second-order valence-corrected chi connectivity index (χ2v) is 8.44. The van der Waals surface area contributed by atoms with Gasteiger partial charge in [-0.05, 0) is 44.7 Å². The van der Waals surface area contributed by atoms with Crippen LogP contribution in [0.25, 0.3) is 0 Å². The third kappa shape index (κ3) is 12.6. The first kappa shape index (κ1) is 28.6. The van der Waals surface area contributed by atoms with E-state index in [-0.39, 0.29) is 6.61 Å². The predicted molar refractivity (Wildman–Crippen MR) is 127 cm³/mol. The van der Waals surface area contributed by atoms with Crippen LogP contribution in [0, 0.1) is 0 Å². The number of alkyl carbamates (subject to hydrolysis) is 1. The summed E-state index contributed by atoms with van der Waals surface area (Å²) in [5.41, 5.74) is 6.11. The van der Waals surface area contributed by atoms with E-state index in [0.29, 0.717) is 12.8 Å². The fraction of sp³-hybridized carbons (Fsp3) is 0.400. The molecule has 0 radical (unpaired) electrons. The Labute approximate surface area is 199 Å². The zero-order valence-electron chi connectivity index (χ0n) is 19.8. The number of rotatable bonds is 9. The quantitative estimate of drug-likeness (QED) is 0.405. The van der Waals surface area contributed by atoms with Crippen molar-refractivity contribution in [3.63, 3.8) is 0 Å². The molecule has 9 nitrogen and oxygen atoms in total. The molecular formula is C25H34N2O7. The van der Waals surface area contributed by atoms with Gasteiger partial charge in [0.1, 0.15) is 24.3 Å². The van der Waals surface area contributed by atoms with Crippen LogP contribution in [0.5, 0.6) is 0 Å². The van der Waals surface area contributed by atoms with Gasteiger partial charge in [0.25, 0.3) is 0 Å². The smallest absolute Gasteiger partial charge is 0.408 e. The van der Waals surface area contributed by atoms with Crippen molar-refractivity contribution in [3.8, 4) is 0 Å². The van der Waals surface area contributed by atoms with Gasteiger partial charge in [-0.2, -0.15) is 0 Å². The Balaban J connectivity index is 0.000000718. The second-order valence-electron chi connectivity index (χ2n) is 8.44. The molecule has 0 bridgehead atoms. The van der Waals surface area contributed by atoms with E-state index in [1.54, 1.807) is 20.8 Å². The molecule has 0 aliphatic rings. The van der Waals surface area contributed by atoms with Gasteiger partial charge in [-0.25, -0.2) is 9.59 Å². The van der Waals surface area contributed by atoms with E-state index in [0.717, 1.165) is 11.1 Å². The molecule has 0 heterocycles. The predicted octanol–water partition coefficient (Wildman–Crippen LogP) is 2.65. The first-order valence-corrected chi connectivity index (χ1v) is 10.8. The standard InChI is InChI=1S/C22H27NO4.C3H7NO3/c1-22(2,3)27-21(25)23-19(15-14-17-10-6-4-7-11-17)20(24)26-16-18-12-8-5-9-13-18;4-2(1-5)3(6)7/h4-13,19H,14-16H2,1-3H3,(H,23,25);2,5H,1,4H2,(H,6,7)/t19-;2-/m10/s1. The number of carbonyl (C=O) groups is 3. The van der Waals surface area contributed by atoms with Crippen LogP contribution in [0.2, 0.25) is 0 Å². The normalized spacial score (nSPS) is 12.4. The minimum atomic E-state index is -1.18. The van der Waals surface area contributed by atoms with E-state index in [9.17, 15) is 14.4 Å². The molecule has 0 saturated heterocycles. The van der Waals surface area contributed by atoms with Crippen molar-refractivity contribution in [2.24, 2.45) is 5.73 Å². The van der Waals surface area contributed by atoms with E-state index >= 15 is 0 Å². The van der Waals surface area contributed by atoms with E-state index < -0.39 is 42.3 Å². The molecule has 2 aromatic rings. The number of carboxylic acid groups (broad SMARTS) is 1. The molecule has 5 N–H and O–H groups in total. The van der Waals surface area contributed by atoms with Crippen molar-refractivity contribution < 1.29 is 34.1 Å². The van der Waals surface area contributed by atoms with Gasteiger partial charge in [0.05, 0.1) is 6.61 Å². The first-order chi connectivity index (χ1) is 16.0. The van der Waals surface area contributed by atoms with E-state index in [2.05, 4.69) is 5.32 Å². The van der Waals surface area contributed by atoms with Crippen LogP contribution >= 0.6 is 0 Å². The summed E-state index contributed by atoms with van der Waals surface area (Å²) < 4.78 is 10.7. The molecule has 0 aliphatic carbocycles. The van der Waals surface area contributed by atoms with E-state index in [4.69, 9.17) is 25.4 Å². The van der Waals surface area contributed by atoms with Crippen molar-refractivity contribution in [1.82, 2.24) is 5.32 Å². The van der Waals surface area contributed by atoms with Crippen LogP contribution in [-0.2, 0) is 32.1 Å². The fourth-order valence-electron chi connectivity index (χ4n) is 2.56. The molecule has 0 saturated carbocycles. The van der Waals surface area contributed by atoms with Gasteiger partial charge in [0, 0.05) is 0 Å². The maximum atomic E-state index is 12.5. The van der Waals surface area contributed by atoms with Gasteiger partial charge in [-0.3, -0.25) is 4.79 Å². The SMILES string of the molecule is CC(C)(C)OC(=O)N[C@H](CCc1ccccc1)C(=O)OCc1ccccc1.N[C@@H](CO)C(=O)O. The van der Waals surface area contributed by atoms with Crippen LogP contribution in [0.4, 0.5) is 4.79 Å². The zero-order valence-corrected chi connectivity index (χ0v) is 19.8. The summed E-state index contributed by atoms with van der Waals surface area (Å²) in [4.78, 5) is 34.3. The average molecular weight is 475 g/mol. The number of aryl methyl sites for hydroxylation is 1. The number of carbonyl (C=O) groups excluding carboxylic acids is 2. The summed E-state index contributed by atoms with van der Waals surface area (Å²) in [6.45, 7) is 4.99. The number of nitrogens with one attached hydrogen (secondary N) is 1. The topological polar surface area (TPSA) is 148 Å². The van der Waals surface area contributed by atoms with Crippen LogP contribution in [0.15, 0.2) is 60.7 Å². The Hall–Kier alpha value is -3.43. The lowest BCUT2D eigenvalue weighted by molar-refractivity contribution is -0.147. The average Bonchev–Trinajstić information content (AvgIpc) is 2.80. The fourth-order valence-corrected chi connectivity index (χ4v) is 2.56. The molecule has 186 valence electrons. The number of aliphatic hydroxyl groups is 1. The molecule has 0 unspecified atom stereocenters. The van der Waals surface area contributed by atoms with E-state index in [1.807, 2.05) is 60.7 Å². The lowest BCUT2D eigenvalue weighted by Crippen LogP contribution is -2.44. The summed E-state index contributed by atoms with van der Waals surface area (Å²) in [5.74, 6) is -1.65. The number of aliphatic hydroxyl groups excluding tert-OH is 1. The van der Waals surface area contributed by atoms with Gasteiger partial charge in [-0.1, -0.05) is 60.7 Å². The lowest BCUT2D eigenvalue weighted by Gasteiger charge is -2.23. The minimum Gasteiger partial charge on any atom is -0.480 e. The lowest BCUT2D eigenvalue weighted by atomic mass is 10.1. The van der Waals surface area contributed by atoms with Crippen molar-refractivity contribution in [1.29, 1.82) is 0 Å². The number of aliphatic carboxylic acids is 1. The Morgan fingerprint density at radius 3 is 1.94 bits per heavy atom. The second kappa shape index (κ2) is 14.7. The van der Waals surface area contributed by atoms with Crippen molar-refractivity contribution in [2.45, 2.75) is 57.9 Å². The van der Waals surface area contributed by atoms with Crippen LogP contribution in [-0.4, -0.2) is 52.5 Å². The van der Waals surface area contributed by atoms with Gasteiger partial charge in [0.15, 0.2) is 0 Å². The van der Waals surface area contributed by atoms with Crippen LogP contribution in [0.1, 0.15) is 38.3 Å². The molecule has 0 aromatic heterocycles. The highest BCUT2D eigenvalue weighted by atomic mass is 16.6. The Morgan fingerprint density at radius 1 is 0.971 bits per heavy atom. The minimum absolute atomic E-state index is 0.164. The highest BCUT2D eigenvalue weighted by Crippen LogP contribution is 2.11. The summed E-state index contributed by atoms with van der Waals surface area (Å²) in [6.07, 6.45) is 0.441. The van der Waals surface area contributed by atoms with Gasteiger partial charge in [-0.15, -0.1) is 0 Å². The summed E-state index contributed by atoms with van der Waals surface area (Å²) in [6, 6.07) is 17.3. The molecule has 2 atom stereocenters. The Morgan fingerprint density at radius 2 is 1.50 bits per heavy atom. The number of nitrogens with two attached hydrogens (primary N) is 1. The van der Waals surface area contributed by atoms with Crippen molar-refractivity contribution >= 4 is 18.0 Å². The number of ether oxygens (including phenoxy) is 2. The Kier molecular flexibility index (Phi) is 12.3. The van der Waals surface area contributed by atoms with Gasteiger partial charge >= 0.3 is 18.0 Å². The summed E-state index contributed by atoms with van der Waals surface area (Å²) in [7, 11) is 0. The maximum Gasteiger partial charge on any atom is 0.408 e. The monoisotopic (exact) mass is 474 g/mol. The molecule has 1 amide bonds. The van der Waals surface area contributed by atoms with E-state index in [1.165, 1.54) is 0 Å². The van der Waals surface area contributed by atoms with Crippen LogP contribution < -0.4 is 11.1 Å². The maximum absolute atomic E-state index is 12.5. The highest BCUT2D eigenvalue weighted by molar-refractivity contribution is 5.81. The molecule has 0 fully saturated rings. The highest BCUT2D eigenvalue weighted by Gasteiger charge is 2.25. The number of benzene rings is 2. The molecule has 9 heteroatoms. The number of hydrogen-bond acceptors (Lipinski definition) is 7. The first-order valence-electron chi connectivity index (χ1n) is 10.8. The largest absolute Gasteiger partial charge is 0.480 e. The third-order valence-electron chi connectivity index (χ3n) is 4.28. The van der Waals surface area contributed by atoms with Crippen LogP contribution in [0.3, 0.4) is 0 Å². The zero-order chi connectivity index (χ0) is 25.6. The molecule has 0 aliphatic heterocycles. The number of amides is 1. The Bertz CT molecular complexity index is 883. The molecule has 2 aromatic carbocycles. The summed E-state index contributed by atoms with van der Waals surface area (Å²) in [5, 5.41) is 18.5. The van der Waals surface area contributed by atoms with Gasteiger partial charge < -0.3 is 30.7 Å². The number of carboxylic acids is 1. The van der Waals surface area contributed by atoms with Crippen molar-refractivity contribution in [2.75, 3.05) is 6.61 Å². The molecular weight excluding hydrogens is 440 g/mol.